The van der Waals surface area contributed by atoms with Crippen molar-refractivity contribution in [1.82, 2.24) is 4.90 Å². The van der Waals surface area contributed by atoms with Crippen LogP contribution in [0.1, 0.15) is 36.4 Å². The number of hydrogen-bond donors (Lipinski definition) is 0. The number of carbonyl (C=O) groups excluding carboxylic acids is 1. The number of thiophene rings is 1. The summed E-state index contributed by atoms with van der Waals surface area (Å²) in [6.45, 7) is 7.18. The smallest absolute Gasteiger partial charge is 0.186 e. The fraction of sp³-hybridized carbons (Fsp3) is 0.615. The molecule has 1 aliphatic rings. The molecule has 94 valence electrons. The number of likely N-dealkylation sites (tertiary alicyclic amines) is 1. The van der Waals surface area contributed by atoms with E-state index in [0.29, 0.717) is 16.3 Å². The lowest BCUT2D eigenvalue weighted by Gasteiger charge is -2.36. The zero-order valence-electron chi connectivity index (χ0n) is 10.3. The van der Waals surface area contributed by atoms with Crippen molar-refractivity contribution in [2.45, 2.75) is 26.7 Å². The van der Waals surface area contributed by atoms with E-state index in [2.05, 4.69) is 18.7 Å². The van der Waals surface area contributed by atoms with E-state index >= 15 is 0 Å². The van der Waals surface area contributed by atoms with Crippen molar-refractivity contribution in [3.8, 4) is 0 Å². The molecule has 0 bridgehead atoms. The van der Waals surface area contributed by atoms with Crippen LogP contribution in [0, 0.1) is 5.41 Å². The van der Waals surface area contributed by atoms with E-state index in [1.54, 1.807) is 6.07 Å². The maximum Gasteiger partial charge on any atom is 0.186 e. The normalized spacial score (nSPS) is 20.4. The molecule has 4 heteroatoms. The van der Waals surface area contributed by atoms with Crippen LogP contribution in [-0.2, 0) is 0 Å². The van der Waals surface area contributed by atoms with Gasteiger partial charge in [-0.3, -0.25) is 9.69 Å². The number of rotatable bonds is 3. The highest BCUT2D eigenvalue weighted by Gasteiger charge is 2.26. The summed E-state index contributed by atoms with van der Waals surface area (Å²) in [5.74, 6) is 0.196. The van der Waals surface area contributed by atoms with Crippen LogP contribution in [0.4, 0.5) is 0 Å². The fourth-order valence-electron chi connectivity index (χ4n) is 2.06. The van der Waals surface area contributed by atoms with Crippen LogP contribution in [0.25, 0.3) is 0 Å². The fourth-order valence-corrected chi connectivity index (χ4v) is 3.03. The second-order valence-electron chi connectivity index (χ2n) is 5.47. The number of carbonyl (C=O) groups is 1. The number of Topliss-reactive ketones (excluding diaryl/α,β-unsaturated/α-hetero) is 1. The van der Waals surface area contributed by atoms with Crippen LogP contribution in [-0.4, -0.2) is 30.3 Å². The van der Waals surface area contributed by atoms with Crippen molar-refractivity contribution in [2.75, 3.05) is 19.6 Å². The molecule has 0 unspecified atom stereocenters. The van der Waals surface area contributed by atoms with E-state index in [4.69, 9.17) is 11.6 Å². The summed E-state index contributed by atoms with van der Waals surface area (Å²) < 4.78 is 0.688. The Morgan fingerprint density at radius 2 is 2.06 bits per heavy atom. The van der Waals surface area contributed by atoms with Crippen molar-refractivity contribution in [3.05, 3.63) is 21.3 Å². The highest BCUT2D eigenvalue weighted by Crippen LogP contribution is 2.30. The molecule has 2 heterocycles. The molecule has 0 aliphatic carbocycles. The molecule has 2 nitrogen and oxygen atoms in total. The van der Waals surface area contributed by atoms with Crippen molar-refractivity contribution in [3.63, 3.8) is 0 Å². The van der Waals surface area contributed by atoms with E-state index in [1.807, 2.05) is 6.07 Å². The maximum atomic E-state index is 12.0. The topological polar surface area (TPSA) is 20.3 Å². The van der Waals surface area contributed by atoms with Gasteiger partial charge in [0.05, 0.1) is 15.8 Å². The molecule has 1 aromatic heterocycles. The lowest BCUT2D eigenvalue weighted by Crippen LogP contribution is -2.40. The van der Waals surface area contributed by atoms with Crippen molar-refractivity contribution >= 4 is 28.7 Å². The molecule has 0 atom stereocenters. The van der Waals surface area contributed by atoms with E-state index in [-0.39, 0.29) is 5.78 Å². The highest BCUT2D eigenvalue weighted by atomic mass is 35.5. The largest absolute Gasteiger partial charge is 0.296 e. The first-order valence-corrected chi connectivity index (χ1v) is 7.17. The zero-order chi connectivity index (χ0) is 12.5. The first kappa shape index (κ1) is 13.1. The van der Waals surface area contributed by atoms with Gasteiger partial charge in [-0.25, -0.2) is 0 Å². The number of ketones is 1. The molecule has 1 saturated heterocycles. The molecular weight excluding hydrogens is 254 g/mol. The summed E-state index contributed by atoms with van der Waals surface area (Å²) in [5.41, 5.74) is 0.436. The zero-order valence-corrected chi connectivity index (χ0v) is 11.9. The molecule has 0 amide bonds. The molecule has 1 aliphatic heterocycles. The maximum absolute atomic E-state index is 12.0. The van der Waals surface area contributed by atoms with Gasteiger partial charge in [0.1, 0.15) is 0 Å². The van der Waals surface area contributed by atoms with Crippen LogP contribution in [0.15, 0.2) is 12.1 Å². The van der Waals surface area contributed by atoms with E-state index in [0.717, 1.165) is 18.0 Å². The van der Waals surface area contributed by atoms with Crippen LogP contribution in [0.3, 0.4) is 0 Å². The Morgan fingerprint density at radius 1 is 1.41 bits per heavy atom. The average molecular weight is 272 g/mol. The highest BCUT2D eigenvalue weighted by molar-refractivity contribution is 7.18. The van der Waals surface area contributed by atoms with Gasteiger partial charge >= 0.3 is 0 Å². The summed E-state index contributed by atoms with van der Waals surface area (Å²) in [4.78, 5) is 15.0. The second kappa shape index (κ2) is 5.09. The van der Waals surface area contributed by atoms with Gasteiger partial charge < -0.3 is 0 Å². The minimum absolute atomic E-state index is 0.196. The first-order chi connectivity index (χ1) is 7.96. The van der Waals surface area contributed by atoms with Crippen LogP contribution >= 0.6 is 22.9 Å². The molecule has 0 saturated carbocycles. The molecule has 2 rings (SSSR count). The van der Waals surface area contributed by atoms with Gasteiger partial charge in [0, 0.05) is 0 Å². The summed E-state index contributed by atoms with van der Waals surface area (Å²) in [6, 6.07) is 3.61. The van der Waals surface area contributed by atoms with Crippen LogP contribution < -0.4 is 0 Å². The predicted molar refractivity (Wildman–Crippen MR) is 73.1 cm³/mol. The van der Waals surface area contributed by atoms with E-state index in [1.165, 1.54) is 24.2 Å². The number of hydrogen-bond acceptors (Lipinski definition) is 3. The minimum atomic E-state index is 0.196. The Labute approximate surface area is 112 Å². The lowest BCUT2D eigenvalue weighted by atomic mass is 9.82. The van der Waals surface area contributed by atoms with Gasteiger partial charge in [0.2, 0.25) is 0 Å². The van der Waals surface area contributed by atoms with Gasteiger partial charge in [0.15, 0.2) is 5.78 Å². The van der Waals surface area contributed by atoms with Crippen LogP contribution in [0.2, 0.25) is 4.34 Å². The van der Waals surface area contributed by atoms with Gasteiger partial charge in [-0.05, 0) is 43.5 Å². The summed E-state index contributed by atoms with van der Waals surface area (Å²) in [6.07, 6.45) is 2.34. The lowest BCUT2D eigenvalue weighted by molar-refractivity contribution is 0.0849. The van der Waals surface area contributed by atoms with E-state index < -0.39 is 0 Å². The standard InChI is InChI=1S/C13H18ClNOS/c1-13(2)5-7-15(8-6-13)9-10(16)11-3-4-12(14)17-11/h3-4H,5-9H2,1-2H3. The monoisotopic (exact) mass is 271 g/mol. The van der Waals surface area contributed by atoms with Crippen molar-refractivity contribution in [1.29, 1.82) is 0 Å². The van der Waals surface area contributed by atoms with Crippen molar-refractivity contribution in [2.24, 2.45) is 5.41 Å². The summed E-state index contributed by atoms with van der Waals surface area (Å²) >= 11 is 7.21. The number of piperidine rings is 1. The molecule has 17 heavy (non-hydrogen) atoms. The Hall–Kier alpha value is -0.380. The molecule has 1 fully saturated rings. The van der Waals surface area contributed by atoms with Gasteiger partial charge in [0.25, 0.3) is 0 Å². The van der Waals surface area contributed by atoms with Gasteiger partial charge in [-0.2, -0.15) is 0 Å². The predicted octanol–water partition coefficient (Wildman–Crippen LogP) is 3.71. The summed E-state index contributed by atoms with van der Waals surface area (Å²) in [5, 5.41) is 0. The third kappa shape index (κ3) is 3.54. The molecular formula is C13H18ClNOS. The minimum Gasteiger partial charge on any atom is -0.296 e. The second-order valence-corrected chi connectivity index (χ2v) is 7.18. The van der Waals surface area contributed by atoms with Crippen molar-refractivity contribution < 1.29 is 4.79 Å². The van der Waals surface area contributed by atoms with E-state index in [9.17, 15) is 4.79 Å². The van der Waals surface area contributed by atoms with Crippen LogP contribution in [0.5, 0.6) is 0 Å². The summed E-state index contributed by atoms with van der Waals surface area (Å²) in [7, 11) is 0. The Morgan fingerprint density at radius 3 is 2.59 bits per heavy atom. The number of nitrogens with zero attached hydrogens (tertiary/aromatic N) is 1. The molecule has 1 aromatic rings. The van der Waals surface area contributed by atoms with Gasteiger partial charge in [-0.15, -0.1) is 11.3 Å². The SMILES string of the molecule is CC1(C)CCN(CC(=O)c2ccc(Cl)s2)CC1. The Bertz CT molecular complexity index is 403. The number of halogens is 1. The first-order valence-electron chi connectivity index (χ1n) is 5.97. The molecule has 0 spiro atoms. The van der Waals surface area contributed by atoms with Gasteiger partial charge in [-0.1, -0.05) is 25.4 Å². The quantitative estimate of drug-likeness (QED) is 0.781. The molecule has 0 aromatic carbocycles. The third-order valence-electron chi connectivity index (χ3n) is 3.42. The Balaban J connectivity index is 1.88. The average Bonchev–Trinajstić information content (AvgIpc) is 2.68. The third-order valence-corrected chi connectivity index (χ3v) is 4.70. The molecule has 0 N–H and O–H groups in total. The molecule has 0 radical (unpaired) electrons. The Kier molecular flexibility index (Phi) is 3.91.